The minimum atomic E-state index is -0.816. The maximum Gasteiger partial charge on any atom is 0.304 e. The van der Waals surface area contributed by atoms with E-state index in [4.69, 9.17) is 5.11 Å². The molecule has 0 radical (unpaired) electrons. The van der Waals surface area contributed by atoms with E-state index in [0.29, 0.717) is 5.82 Å². The standard InChI is InChI=1S/C12H14N2O2S/c1-12(2,6-10(15)16)11-13-7-8(14-11)9-4-3-5-17-9/h3-5,7H,6H2,1-2H3,(H,13,14)(H,15,16). The van der Waals surface area contributed by atoms with Crippen LogP contribution in [-0.2, 0) is 10.2 Å². The van der Waals surface area contributed by atoms with Gasteiger partial charge in [0.05, 0.1) is 23.2 Å². The molecule has 0 bridgehead atoms. The second kappa shape index (κ2) is 4.33. The summed E-state index contributed by atoms with van der Waals surface area (Å²) in [6.07, 6.45) is 1.81. The topological polar surface area (TPSA) is 66.0 Å². The second-order valence-corrected chi connectivity index (χ2v) is 5.52. The van der Waals surface area contributed by atoms with Gasteiger partial charge in [-0.1, -0.05) is 19.9 Å². The predicted molar refractivity (Wildman–Crippen MR) is 67.2 cm³/mol. The number of aromatic amines is 1. The van der Waals surface area contributed by atoms with Crippen LogP contribution in [0.5, 0.6) is 0 Å². The van der Waals surface area contributed by atoms with E-state index < -0.39 is 11.4 Å². The molecule has 5 heteroatoms. The number of H-pyrrole nitrogens is 1. The van der Waals surface area contributed by atoms with Crippen LogP contribution in [0.25, 0.3) is 10.6 Å². The molecule has 2 heterocycles. The number of rotatable bonds is 4. The molecule has 0 unspecified atom stereocenters. The molecule has 0 aliphatic heterocycles. The second-order valence-electron chi connectivity index (χ2n) is 4.58. The van der Waals surface area contributed by atoms with Crippen LogP contribution < -0.4 is 0 Å². The first kappa shape index (κ1) is 11.9. The number of nitrogens with one attached hydrogen (secondary N) is 1. The summed E-state index contributed by atoms with van der Waals surface area (Å²) in [5.41, 5.74) is 0.454. The van der Waals surface area contributed by atoms with E-state index in [1.807, 2.05) is 31.4 Å². The number of aliphatic carboxylic acids is 1. The molecule has 4 nitrogen and oxygen atoms in total. The van der Waals surface area contributed by atoms with Crippen molar-refractivity contribution >= 4 is 17.3 Å². The monoisotopic (exact) mass is 250 g/mol. The third-order valence-electron chi connectivity index (χ3n) is 2.60. The van der Waals surface area contributed by atoms with Crippen molar-refractivity contribution in [3.8, 4) is 10.6 Å². The lowest BCUT2D eigenvalue weighted by atomic mass is 9.88. The fraction of sp³-hybridized carbons (Fsp3) is 0.333. The van der Waals surface area contributed by atoms with Crippen molar-refractivity contribution in [2.24, 2.45) is 0 Å². The Bertz CT molecular complexity index is 514. The van der Waals surface area contributed by atoms with Gasteiger partial charge in [-0.15, -0.1) is 11.3 Å². The summed E-state index contributed by atoms with van der Waals surface area (Å²) in [7, 11) is 0. The number of thiophene rings is 1. The quantitative estimate of drug-likeness (QED) is 0.876. The minimum Gasteiger partial charge on any atom is -0.481 e. The molecule has 90 valence electrons. The van der Waals surface area contributed by atoms with Crippen molar-refractivity contribution in [1.29, 1.82) is 0 Å². The van der Waals surface area contributed by atoms with Crippen LogP contribution in [0.3, 0.4) is 0 Å². The molecular formula is C12H14N2O2S. The van der Waals surface area contributed by atoms with E-state index in [2.05, 4.69) is 9.97 Å². The van der Waals surface area contributed by atoms with Crippen LogP contribution in [0.15, 0.2) is 23.7 Å². The highest BCUT2D eigenvalue weighted by atomic mass is 32.1. The Morgan fingerprint density at radius 2 is 2.35 bits per heavy atom. The molecule has 0 aromatic carbocycles. The van der Waals surface area contributed by atoms with E-state index in [-0.39, 0.29) is 6.42 Å². The van der Waals surface area contributed by atoms with E-state index in [1.54, 1.807) is 17.5 Å². The smallest absolute Gasteiger partial charge is 0.304 e. The Labute approximate surface area is 103 Å². The maximum atomic E-state index is 10.8. The first-order chi connectivity index (χ1) is 7.99. The summed E-state index contributed by atoms with van der Waals surface area (Å²) in [5.74, 6) is -0.104. The van der Waals surface area contributed by atoms with E-state index in [0.717, 1.165) is 10.6 Å². The van der Waals surface area contributed by atoms with E-state index >= 15 is 0 Å². The van der Waals surface area contributed by atoms with E-state index in [9.17, 15) is 4.79 Å². The van der Waals surface area contributed by atoms with Gasteiger partial charge in [0.25, 0.3) is 0 Å². The molecule has 0 aliphatic carbocycles. The van der Waals surface area contributed by atoms with Crippen molar-refractivity contribution in [1.82, 2.24) is 9.97 Å². The number of carbonyl (C=O) groups is 1. The number of aromatic nitrogens is 2. The molecule has 2 N–H and O–H groups in total. The summed E-state index contributed by atoms with van der Waals surface area (Å²) in [5, 5.41) is 10.9. The van der Waals surface area contributed by atoms with Gasteiger partial charge in [0.2, 0.25) is 0 Å². The van der Waals surface area contributed by atoms with Crippen LogP contribution in [-0.4, -0.2) is 21.0 Å². The molecule has 2 rings (SSSR count). The van der Waals surface area contributed by atoms with Crippen molar-refractivity contribution < 1.29 is 9.90 Å². The zero-order chi connectivity index (χ0) is 12.5. The van der Waals surface area contributed by atoms with E-state index in [1.165, 1.54) is 0 Å². The molecule has 2 aromatic heterocycles. The Morgan fingerprint density at radius 3 is 2.94 bits per heavy atom. The highest BCUT2D eigenvalue weighted by Gasteiger charge is 2.27. The molecule has 0 spiro atoms. The first-order valence-corrected chi connectivity index (χ1v) is 6.18. The van der Waals surface area contributed by atoms with Crippen molar-refractivity contribution in [2.45, 2.75) is 25.7 Å². The Hall–Kier alpha value is -1.62. The van der Waals surface area contributed by atoms with Gasteiger partial charge in [-0.25, -0.2) is 4.98 Å². The molecule has 0 aliphatic rings. The van der Waals surface area contributed by atoms with Crippen LogP contribution >= 0.6 is 11.3 Å². The summed E-state index contributed by atoms with van der Waals surface area (Å²) in [6, 6.07) is 3.98. The maximum absolute atomic E-state index is 10.8. The molecule has 0 saturated heterocycles. The fourth-order valence-corrected chi connectivity index (χ4v) is 2.38. The average molecular weight is 250 g/mol. The number of nitrogens with zero attached hydrogens (tertiary/aromatic N) is 1. The van der Waals surface area contributed by atoms with Crippen LogP contribution in [0, 0.1) is 0 Å². The highest BCUT2D eigenvalue weighted by molar-refractivity contribution is 7.13. The van der Waals surface area contributed by atoms with Gasteiger partial charge in [-0.3, -0.25) is 4.79 Å². The Balaban J connectivity index is 2.26. The van der Waals surface area contributed by atoms with Gasteiger partial charge >= 0.3 is 5.97 Å². The number of carboxylic acid groups (broad SMARTS) is 1. The molecule has 0 saturated carbocycles. The average Bonchev–Trinajstić information content (AvgIpc) is 2.87. The number of hydrogen-bond donors (Lipinski definition) is 2. The van der Waals surface area contributed by atoms with Gasteiger partial charge in [-0.2, -0.15) is 0 Å². The number of hydrogen-bond acceptors (Lipinski definition) is 3. The summed E-state index contributed by atoms with van der Waals surface area (Å²) in [6.45, 7) is 3.75. The molecule has 0 fully saturated rings. The third-order valence-corrected chi connectivity index (χ3v) is 3.50. The summed E-state index contributed by atoms with van der Waals surface area (Å²) < 4.78 is 0. The summed E-state index contributed by atoms with van der Waals surface area (Å²) in [4.78, 5) is 19.4. The summed E-state index contributed by atoms with van der Waals surface area (Å²) >= 11 is 1.63. The fourth-order valence-electron chi connectivity index (χ4n) is 1.68. The van der Waals surface area contributed by atoms with Crippen molar-refractivity contribution in [3.63, 3.8) is 0 Å². The number of carboxylic acids is 1. The van der Waals surface area contributed by atoms with Crippen molar-refractivity contribution in [3.05, 3.63) is 29.5 Å². The molecule has 17 heavy (non-hydrogen) atoms. The highest BCUT2D eigenvalue weighted by Crippen LogP contribution is 2.28. The molecule has 0 atom stereocenters. The van der Waals surface area contributed by atoms with Gasteiger partial charge in [0, 0.05) is 5.41 Å². The lowest BCUT2D eigenvalue weighted by molar-refractivity contribution is -0.138. The Morgan fingerprint density at radius 1 is 1.59 bits per heavy atom. The SMILES string of the molecule is CC(C)(CC(=O)O)c1ncc(-c2cccs2)[nH]1. The minimum absolute atomic E-state index is 0.0599. The zero-order valence-corrected chi connectivity index (χ0v) is 10.5. The molecule has 2 aromatic rings. The van der Waals surface area contributed by atoms with Crippen LogP contribution in [0.2, 0.25) is 0 Å². The van der Waals surface area contributed by atoms with Gasteiger partial charge < -0.3 is 10.1 Å². The predicted octanol–water partition coefficient (Wildman–Crippen LogP) is 2.89. The molecular weight excluding hydrogens is 236 g/mol. The zero-order valence-electron chi connectivity index (χ0n) is 9.73. The van der Waals surface area contributed by atoms with Gasteiger partial charge in [0.1, 0.15) is 5.82 Å². The lowest BCUT2D eigenvalue weighted by Crippen LogP contribution is -2.23. The largest absolute Gasteiger partial charge is 0.481 e. The normalized spacial score (nSPS) is 11.6. The molecule has 0 amide bonds. The van der Waals surface area contributed by atoms with Gasteiger partial charge in [0.15, 0.2) is 0 Å². The Kier molecular flexibility index (Phi) is 3.02. The van der Waals surface area contributed by atoms with Crippen molar-refractivity contribution in [2.75, 3.05) is 0 Å². The number of imidazole rings is 1. The lowest BCUT2D eigenvalue weighted by Gasteiger charge is -2.19. The van der Waals surface area contributed by atoms with Crippen LogP contribution in [0.4, 0.5) is 0 Å². The first-order valence-electron chi connectivity index (χ1n) is 5.30. The van der Waals surface area contributed by atoms with Gasteiger partial charge in [-0.05, 0) is 11.4 Å². The van der Waals surface area contributed by atoms with Crippen LogP contribution in [0.1, 0.15) is 26.1 Å². The third kappa shape index (κ3) is 2.55.